The van der Waals surface area contributed by atoms with E-state index in [0.717, 1.165) is 27.4 Å². The quantitative estimate of drug-likeness (QED) is 0.461. The first-order chi connectivity index (χ1) is 13.5. The lowest BCUT2D eigenvalue weighted by molar-refractivity contribution is -0.111. The highest BCUT2D eigenvalue weighted by molar-refractivity contribution is 6.31. The Kier molecular flexibility index (Phi) is 4.75. The summed E-state index contributed by atoms with van der Waals surface area (Å²) in [6.07, 6.45) is 4.91. The van der Waals surface area contributed by atoms with Gasteiger partial charge in [0.05, 0.1) is 30.2 Å². The zero-order chi connectivity index (χ0) is 19.7. The number of ether oxygens (including phenoxy) is 1. The minimum absolute atomic E-state index is 0.277. The van der Waals surface area contributed by atoms with E-state index in [-0.39, 0.29) is 5.91 Å². The Morgan fingerprint density at radius 1 is 1.18 bits per heavy atom. The van der Waals surface area contributed by atoms with Crippen LogP contribution in [0, 0.1) is 6.92 Å². The number of aromatic nitrogens is 2. The summed E-state index contributed by atoms with van der Waals surface area (Å²) in [6.45, 7) is 1.87. The molecule has 0 aliphatic heterocycles. The molecule has 1 amide bonds. The summed E-state index contributed by atoms with van der Waals surface area (Å²) in [4.78, 5) is 20.1. The summed E-state index contributed by atoms with van der Waals surface area (Å²) in [5.41, 5.74) is 4.14. The second kappa shape index (κ2) is 7.37. The van der Waals surface area contributed by atoms with Gasteiger partial charge in [-0.2, -0.15) is 0 Å². The van der Waals surface area contributed by atoms with Gasteiger partial charge in [-0.25, -0.2) is 0 Å². The van der Waals surface area contributed by atoms with Crippen LogP contribution >= 0.6 is 11.6 Å². The maximum atomic E-state index is 12.4. The molecule has 2 aromatic carbocycles. The number of halogens is 1. The lowest BCUT2D eigenvalue weighted by atomic mass is 10.1. The van der Waals surface area contributed by atoms with Crippen molar-refractivity contribution in [2.75, 3.05) is 12.4 Å². The largest absolute Gasteiger partial charge is 0.495 e. The molecule has 0 bridgehead atoms. The van der Waals surface area contributed by atoms with Crippen LogP contribution < -0.4 is 10.1 Å². The maximum Gasteiger partial charge on any atom is 0.248 e. The lowest BCUT2D eigenvalue weighted by Gasteiger charge is -2.11. The molecule has 0 unspecified atom stereocenters. The fraction of sp³-hybridized carbons (Fsp3) is 0.0909. The Balaban J connectivity index is 1.58. The van der Waals surface area contributed by atoms with Crippen molar-refractivity contribution in [3.8, 4) is 5.75 Å². The highest BCUT2D eigenvalue weighted by Gasteiger charge is 2.09. The number of aryl methyl sites for hydroxylation is 1. The van der Waals surface area contributed by atoms with Crippen molar-refractivity contribution >= 4 is 51.1 Å². The van der Waals surface area contributed by atoms with E-state index in [9.17, 15) is 4.79 Å². The highest BCUT2D eigenvalue weighted by Crippen LogP contribution is 2.31. The molecule has 5 nitrogen and oxygen atoms in total. The molecule has 0 radical (unpaired) electrons. The van der Waals surface area contributed by atoms with Crippen LogP contribution in [0.3, 0.4) is 0 Å². The highest BCUT2D eigenvalue weighted by atomic mass is 35.5. The van der Waals surface area contributed by atoms with E-state index in [2.05, 4.69) is 21.4 Å². The second-order valence-electron chi connectivity index (χ2n) is 6.45. The first-order valence-corrected chi connectivity index (χ1v) is 9.12. The smallest absolute Gasteiger partial charge is 0.248 e. The molecule has 4 rings (SSSR count). The first-order valence-electron chi connectivity index (χ1n) is 8.75. The summed E-state index contributed by atoms with van der Waals surface area (Å²) in [6, 6.07) is 13.5. The number of nitrogens with one attached hydrogen (secondary N) is 2. The van der Waals surface area contributed by atoms with Gasteiger partial charge in [0.2, 0.25) is 5.91 Å². The van der Waals surface area contributed by atoms with E-state index in [1.807, 2.05) is 31.2 Å². The van der Waals surface area contributed by atoms with Gasteiger partial charge >= 0.3 is 0 Å². The summed E-state index contributed by atoms with van der Waals surface area (Å²) < 4.78 is 5.29. The second-order valence-corrected chi connectivity index (χ2v) is 6.86. The van der Waals surface area contributed by atoms with Crippen LogP contribution in [-0.4, -0.2) is 23.0 Å². The normalized spacial score (nSPS) is 11.4. The fourth-order valence-electron chi connectivity index (χ4n) is 3.12. The zero-order valence-corrected chi connectivity index (χ0v) is 16.2. The van der Waals surface area contributed by atoms with Crippen LogP contribution in [0.5, 0.6) is 5.75 Å². The number of H-pyrrole nitrogens is 1. The van der Waals surface area contributed by atoms with Gasteiger partial charge in [0.1, 0.15) is 5.75 Å². The van der Waals surface area contributed by atoms with Gasteiger partial charge in [-0.05, 0) is 36.8 Å². The molecule has 2 heterocycles. The van der Waals surface area contributed by atoms with Crippen molar-refractivity contribution in [2.24, 2.45) is 0 Å². The van der Waals surface area contributed by atoms with Crippen LogP contribution in [0.1, 0.15) is 11.3 Å². The summed E-state index contributed by atoms with van der Waals surface area (Å²) in [7, 11) is 1.53. The van der Waals surface area contributed by atoms with Gasteiger partial charge in [-0.1, -0.05) is 29.8 Å². The average Bonchev–Trinajstić information content (AvgIpc) is 3.07. The molecule has 4 aromatic rings. The molecule has 0 aliphatic carbocycles. The van der Waals surface area contributed by atoms with Gasteiger partial charge in [0.25, 0.3) is 0 Å². The number of carbonyl (C=O) groups excluding carboxylic acids is 1. The number of hydrogen-bond acceptors (Lipinski definition) is 3. The third kappa shape index (κ3) is 3.44. The predicted molar refractivity (Wildman–Crippen MR) is 114 cm³/mol. The van der Waals surface area contributed by atoms with Crippen molar-refractivity contribution in [3.63, 3.8) is 0 Å². The number of nitrogens with zero attached hydrogens (tertiary/aromatic N) is 1. The Hall–Kier alpha value is -3.31. The summed E-state index contributed by atoms with van der Waals surface area (Å²) in [5, 5.41) is 5.60. The molecule has 0 atom stereocenters. The molecule has 28 heavy (non-hydrogen) atoms. The number of benzene rings is 2. The monoisotopic (exact) mass is 391 g/mol. The molecule has 0 aliphatic rings. The zero-order valence-electron chi connectivity index (χ0n) is 15.4. The molecule has 0 saturated heterocycles. The molecule has 2 aromatic heterocycles. The molecule has 0 spiro atoms. The minimum atomic E-state index is -0.277. The summed E-state index contributed by atoms with van der Waals surface area (Å²) in [5.74, 6) is 0.233. The van der Waals surface area contributed by atoms with Crippen molar-refractivity contribution in [1.82, 2.24) is 9.97 Å². The Morgan fingerprint density at radius 3 is 2.82 bits per heavy atom. The van der Waals surface area contributed by atoms with E-state index in [1.165, 1.54) is 13.2 Å². The number of anilines is 1. The van der Waals surface area contributed by atoms with E-state index in [0.29, 0.717) is 22.2 Å². The van der Waals surface area contributed by atoms with Crippen molar-refractivity contribution in [1.29, 1.82) is 0 Å². The van der Waals surface area contributed by atoms with Crippen molar-refractivity contribution in [2.45, 2.75) is 6.92 Å². The van der Waals surface area contributed by atoms with E-state index in [1.54, 1.807) is 24.4 Å². The number of hydrogen-bond donors (Lipinski definition) is 2. The molecule has 140 valence electrons. The van der Waals surface area contributed by atoms with Crippen LogP contribution in [0.25, 0.3) is 27.9 Å². The number of para-hydroxylation sites is 1. The molecule has 6 heteroatoms. The number of fused-ring (bicyclic) bond motifs is 3. The average molecular weight is 392 g/mol. The van der Waals surface area contributed by atoms with Gasteiger partial charge in [0, 0.05) is 33.5 Å². The first kappa shape index (κ1) is 18.1. The summed E-state index contributed by atoms with van der Waals surface area (Å²) >= 11 is 6.10. The lowest BCUT2D eigenvalue weighted by Crippen LogP contribution is -2.09. The number of pyridine rings is 1. The minimum Gasteiger partial charge on any atom is -0.495 e. The van der Waals surface area contributed by atoms with E-state index < -0.39 is 0 Å². The number of methoxy groups -OCH3 is 1. The third-order valence-corrected chi connectivity index (χ3v) is 4.96. The van der Waals surface area contributed by atoms with E-state index in [4.69, 9.17) is 16.3 Å². The molecule has 0 saturated carbocycles. The SMILES string of the molecule is COc1cc(Cl)c(C)cc1NC(=O)/C=C/c1cc2c(cn1)[nH]c1ccccc12. The Morgan fingerprint density at radius 2 is 2.00 bits per heavy atom. The molecular weight excluding hydrogens is 374 g/mol. The van der Waals surface area contributed by atoms with E-state index >= 15 is 0 Å². The van der Waals surface area contributed by atoms with Gasteiger partial charge in [-0.3, -0.25) is 9.78 Å². The van der Waals surface area contributed by atoms with Gasteiger partial charge < -0.3 is 15.0 Å². The Labute approximate surface area is 167 Å². The number of aromatic amines is 1. The van der Waals surface area contributed by atoms with Crippen LogP contribution in [0.15, 0.2) is 54.7 Å². The standard InChI is InChI=1S/C22H18ClN3O2/c1-13-9-19(21(28-2)11-17(13)23)26-22(27)8-7-14-10-16-15-5-3-4-6-18(15)25-20(16)12-24-14/h3-12,25H,1-2H3,(H,26,27)/b8-7+. The Bertz CT molecular complexity index is 1230. The van der Waals surface area contributed by atoms with Crippen LogP contribution in [-0.2, 0) is 4.79 Å². The van der Waals surface area contributed by atoms with Crippen molar-refractivity contribution < 1.29 is 9.53 Å². The van der Waals surface area contributed by atoms with Gasteiger partial charge in [0.15, 0.2) is 0 Å². The third-order valence-electron chi connectivity index (χ3n) is 4.56. The van der Waals surface area contributed by atoms with Crippen molar-refractivity contribution in [3.05, 3.63) is 71.0 Å². The molecular formula is C22H18ClN3O2. The number of amides is 1. The predicted octanol–water partition coefficient (Wildman–Crippen LogP) is 5.34. The topological polar surface area (TPSA) is 67.0 Å². The van der Waals surface area contributed by atoms with Crippen LogP contribution in [0.4, 0.5) is 5.69 Å². The molecule has 0 fully saturated rings. The maximum absolute atomic E-state index is 12.4. The fourth-order valence-corrected chi connectivity index (χ4v) is 3.28. The van der Waals surface area contributed by atoms with Crippen LogP contribution in [0.2, 0.25) is 5.02 Å². The number of rotatable bonds is 4. The molecule has 2 N–H and O–H groups in total. The van der Waals surface area contributed by atoms with Gasteiger partial charge in [-0.15, -0.1) is 0 Å². The number of carbonyl (C=O) groups is 1.